The van der Waals surface area contributed by atoms with Crippen LogP contribution in [0.2, 0.25) is 5.02 Å². The quantitative estimate of drug-likeness (QED) is 0.481. The van der Waals surface area contributed by atoms with Crippen molar-refractivity contribution in [1.29, 1.82) is 0 Å². The standard InChI is InChI=1S/C26H27ClN2O3S/c1-28(33(31,32)25-13-9-23(27)10-14-25)24-11-7-22(8-12-24)26(30)29-17-15-21(16-18-29)19-20-5-3-2-4-6-20/h2-14,21H,15-19H2,1H3. The normalized spacial score (nSPS) is 14.8. The third kappa shape index (κ3) is 5.40. The third-order valence-corrected chi connectivity index (χ3v) is 8.27. The summed E-state index contributed by atoms with van der Waals surface area (Å²) in [5, 5.41) is 0.476. The highest BCUT2D eigenvalue weighted by molar-refractivity contribution is 7.92. The van der Waals surface area contributed by atoms with Crippen LogP contribution in [0.1, 0.15) is 28.8 Å². The third-order valence-electron chi connectivity index (χ3n) is 6.22. The highest BCUT2D eigenvalue weighted by Gasteiger charge is 2.25. The fourth-order valence-electron chi connectivity index (χ4n) is 4.19. The number of anilines is 1. The summed E-state index contributed by atoms with van der Waals surface area (Å²) in [6, 6.07) is 23.3. The van der Waals surface area contributed by atoms with Crippen molar-refractivity contribution in [3.05, 3.63) is 95.0 Å². The van der Waals surface area contributed by atoms with Crippen LogP contribution in [0.5, 0.6) is 0 Å². The Morgan fingerprint density at radius 1 is 0.939 bits per heavy atom. The van der Waals surface area contributed by atoms with Crippen molar-refractivity contribution in [2.45, 2.75) is 24.2 Å². The van der Waals surface area contributed by atoms with Gasteiger partial charge in [-0.1, -0.05) is 41.9 Å². The molecule has 1 saturated heterocycles. The maximum Gasteiger partial charge on any atom is 0.264 e. The maximum absolute atomic E-state index is 13.0. The summed E-state index contributed by atoms with van der Waals surface area (Å²) in [4.78, 5) is 15.0. The zero-order valence-electron chi connectivity index (χ0n) is 18.5. The molecule has 1 amide bonds. The summed E-state index contributed by atoms with van der Waals surface area (Å²) in [6.07, 6.45) is 3.02. The minimum atomic E-state index is -3.72. The number of piperidine rings is 1. The number of rotatable bonds is 6. The van der Waals surface area contributed by atoms with Crippen LogP contribution in [0.25, 0.3) is 0 Å². The topological polar surface area (TPSA) is 57.7 Å². The molecule has 3 aromatic rings. The van der Waals surface area contributed by atoms with Crippen LogP contribution in [-0.4, -0.2) is 39.4 Å². The molecule has 0 radical (unpaired) electrons. The van der Waals surface area contributed by atoms with Crippen molar-refractivity contribution in [2.24, 2.45) is 5.92 Å². The molecule has 0 aliphatic carbocycles. The summed E-state index contributed by atoms with van der Waals surface area (Å²) in [6.45, 7) is 1.48. The molecule has 33 heavy (non-hydrogen) atoms. The lowest BCUT2D eigenvalue weighted by Crippen LogP contribution is -2.38. The van der Waals surface area contributed by atoms with E-state index in [2.05, 4.69) is 24.3 Å². The summed E-state index contributed by atoms with van der Waals surface area (Å²) in [5.74, 6) is 0.577. The minimum Gasteiger partial charge on any atom is -0.339 e. The molecular weight excluding hydrogens is 456 g/mol. The molecule has 0 atom stereocenters. The average Bonchev–Trinajstić information content (AvgIpc) is 2.84. The summed E-state index contributed by atoms with van der Waals surface area (Å²) >= 11 is 5.87. The molecule has 0 aromatic heterocycles. The van der Waals surface area contributed by atoms with Crippen molar-refractivity contribution in [3.63, 3.8) is 0 Å². The fraction of sp³-hybridized carbons (Fsp3) is 0.269. The first kappa shape index (κ1) is 23.3. The lowest BCUT2D eigenvalue weighted by Gasteiger charge is -2.32. The van der Waals surface area contributed by atoms with Gasteiger partial charge in [0, 0.05) is 30.7 Å². The lowest BCUT2D eigenvalue weighted by molar-refractivity contribution is 0.0690. The van der Waals surface area contributed by atoms with Gasteiger partial charge in [-0.3, -0.25) is 9.10 Å². The summed E-state index contributed by atoms with van der Waals surface area (Å²) < 4.78 is 27.0. The summed E-state index contributed by atoms with van der Waals surface area (Å²) in [5.41, 5.74) is 2.40. The molecule has 1 aliphatic heterocycles. The molecule has 3 aromatic carbocycles. The molecule has 5 nitrogen and oxygen atoms in total. The van der Waals surface area contributed by atoms with Gasteiger partial charge in [0.05, 0.1) is 10.6 Å². The molecule has 0 unspecified atom stereocenters. The molecular formula is C26H27ClN2O3S. The van der Waals surface area contributed by atoms with Gasteiger partial charge in [0.2, 0.25) is 0 Å². The molecule has 0 spiro atoms. The number of hydrogen-bond acceptors (Lipinski definition) is 3. The Bertz CT molecular complexity index is 1190. The Balaban J connectivity index is 1.38. The Kier molecular flexibility index (Phi) is 7.05. The van der Waals surface area contributed by atoms with E-state index in [1.54, 1.807) is 36.4 Å². The van der Waals surface area contributed by atoms with E-state index >= 15 is 0 Å². The first-order chi connectivity index (χ1) is 15.8. The number of hydrogen-bond donors (Lipinski definition) is 0. The number of amides is 1. The van der Waals surface area contributed by atoms with Gasteiger partial charge in [0.1, 0.15) is 0 Å². The highest BCUT2D eigenvalue weighted by atomic mass is 35.5. The molecule has 172 valence electrons. The number of sulfonamides is 1. The lowest BCUT2D eigenvalue weighted by atomic mass is 9.90. The number of benzene rings is 3. The van der Waals surface area contributed by atoms with Crippen molar-refractivity contribution in [3.8, 4) is 0 Å². The number of nitrogens with zero attached hydrogens (tertiary/aromatic N) is 2. The van der Waals surface area contributed by atoms with Crippen molar-refractivity contribution >= 4 is 33.2 Å². The van der Waals surface area contributed by atoms with Gasteiger partial charge in [-0.2, -0.15) is 0 Å². The van der Waals surface area contributed by atoms with Crippen LogP contribution in [0.3, 0.4) is 0 Å². The van der Waals surface area contributed by atoms with Crippen LogP contribution >= 0.6 is 11.6 Å². The van der Waals surface area contributed by atoms with E-state index in [4.69, 9.17) is 11.6 Å². The van der Waals surface area contributed by atoms with Gasteiger partial charge in [-0.25, -0.2) is 8.42 Å². The first-order valence-electron chi connectivity index (χ1n) is 11.0. The van der Waals surface area contributed by atoms with Crippen LogP contribution in [0, 0.1) is 5.92 Å². The van der Waals surface area contributed by atoms with E-state index in [9.17, 15) is 13.2 Å². The van der Waals surface area contributed by atoms with Gasteiger partial charge in [-0.05, 0) is 79.3 Å². The number of carbonyl (C=O) groups is 1. The second-order valence-corrected chi connectivity index (χ2v) is 10.8. The first-order valence-corrected chi connectivity index (χ1v) is 12.8. The van der Waals surface area contributed by atoms with E-state index in [0.717, 1.165) is 32.4 Å². The predicted molar refractivity (Wildman–Crippen MR) is 132 cm³/mol. The fourth-order valence-corrected chi connectivity index (χ4v) is 5.51. The van der Waals surface area contributed by atoms with E-state index in [1.165, 1.54) is 29.0 Å². The van der Waals surface area contributed by atoms with Gasteiger partial charge < -0.3 is 4.90 Å². The molecule has 1 heterocycles. The van der Waals surface area contributed by atoms with Gasteiger partial charge >= 0.3 is 0 Å². The second-order valence-electron chi connectivity index (χ2n) is 8.40. The largest absolute Gasteiger partial charge is 0.339 e. The number of carbonyl (C=O) groups excluding carboxylic acids is 1. The number of likely N-dealkylation sites (tertiary alicyclic amines) is 1. The Labute approximate surface area is 200 Å². The molecule has 4 rings (SSSR count). The smallest absolute Gasteiger partial charge is 0.264 e. The Morgan fingerprint density at radius 3 is 2.15 bits per heavy atom. The van der Waals surface area contributed by atoms with E-state index in [-0.39, 0.29) is 10.8 Å². The van der Waals surface area contributed by atoms with Crippen molar-refractivity contribution in [2.75, 3.05) is 24.4 Å². The van der Waals surface area contributed by atoms with E-state index < -0.39 is 10.0 Å². The van der Waals surface area contributed by atoms with Gasteiger partial charge in [0.25, 0.3) is 15.9 Å². The molecule has 0 saturated carbocycles. The molecule has 7 heteroatoms. The predicted octanol–water partition coefficient (Wildman–Crippen LogP) is 5.26. The molecule has 0 bridgehead atoms. The van der Waals surface area contributed by atoms with E-state index in [0.29, 0.717) is 22.2 Å². The Morgan fingerprint density at radius 2 is 1.55 bits per heavy atom. The summed E-state index contributed by atoms with van der Waals surface area (Å²) in [7, 11) is -2.22. The van der Waals surface area contributed by atoms with Crippen LogP contribution < -0.4 is 4.31 Å². The zero-order chi connectivity index (χ0) is 23.4. The van der Waals surface area contributed by atoms with Crippen molar-refractivity contribution in [1.82, 2.24) is 4.90 Å². The highest BCUT2D eigenvalue weighted by Crippen LogP contribution is 2.26. The van der Waals surface area contributed by atoms with Crippen molar-refractivity contribution < 1.29 is 13.2 Å². The van der Waals surface area contributed by atoms with Crippen LogP contribution in [-0.2, 0) is 16.4 Å². The molecule has 1 fully saturated rings. The van der Waals surface area contributed by atoms with Gasteiger partial charge in [-0.15, -0.1) is 0 Å². The molecule has 0 N–H and O–H groups in total. The Hall–Kier alpha value is -2.83. The molecule has 1 aliphatic rings. The SMILES string of the molecule is CN(c1ccc(C(=O)N2CCC(Cc3ccccc3)CC2)cc1)S(=O)(=O)c1ccc(Cl)cc1. The minimum absolute atomic E-state index is 0.0112. The van der Waals surface area contributed by atoms with E-state index in [1.807, 2.05) is 11.0 Å². The zero-order valence-corrected chi connectivity index (χ0v) is 20.1. The maximum atomic E-state index is 13.0. The van der Waals surface area contributed by atoms with Crippen LogP contribution in [0.4, 0.5) is 5.69 Å². The number of halogens is 1. The van der Waals surface area contributed by atoms with Gasteiger partial charge in [0.15, 0.2) is 0 Å². The monoisotopic (exact) mass is 482 g/mol. The average molecular weight is 483 g/mol. The van der Waals surface area contributed by atoms with Crippen LogP contribution in [0.15, 0.2) is 83.8 Å². The second kappa shape index (κ2) is 9.98.